The number of nitrogens with zero attached hydrogens (tertiary/aromatic N) is 3. The summed E-state index contributed by atoms with van der Waals surface area (Å²) < 4.78 is 18.2. The van der Waals surface area contributed by atoms with Crippen LogP contribution in [0.4, 0.5) is 5.69 Å². The van der Waals surface area contributed by atoms with Gasteiger partial charge >= 0.3 is 0 Å². The molecule has 0 spiro atoms. The number of rotatable bonds is 5. The summed E-state index contributed by atoms with van der Waals surface area (Å²) in [5, 5.41) is 11.5. The van der Waals surface area contributed by atoms with E-state index in [9.17, 15) is 4.79 Å². The fourth-order valence-corrected chi connectivity index (χ4v) is 3.43. The predicted octanol–water partition coefficient (Wildman–Crippen LogP) is 2.97. The number of hydrogen-bond acceptors (Lipinski definition) is 7. The lowest BCUT2D eigenvalue weighted by molar-refractivity contribution is -0.115. The van der Waals surface area contributed by atoms with Crippen molar-refractivity contribution in [2.45, 2.75) is 17.3 Å². The first-order valence-corrected chi connectivity index (χ1v) is 9.30. The van der Waals surface area contributed by atoms with Gasteiger partial charge in [-0.15, -0.1) is 10.2 Å². The van der Waals surface area contributed by atoms with E-state index in [1.165, 1.54) is 11.8 Å². The van der Waals surface area contributed by atoms with Crippen LogP contribution >= 0.6 is 11.8 Å². The van der Waals surface area contributed by atoms with E-state index in [-0.39, 0.29) is 11.2 Å². The second-order valence-electron chi connectivity index (χ2n) is 5.95. The normalized spacial score (nSPS) is 14.0. The highest BCUT2D eigenvalue weighted by atomic mass is 32.2. The molecule has 140 valence electrons. The van der Waals surface area contributed by atoms with Crippen LogP contribution in [0.5, 0.6) is 11.5 Å². The Morgan fingerprint density at radius 1 is 1.22 bits per heavy atom. The van der Waals surface area contributed by atoms with E-state index in [2.05, 4.69) is 15.5 Å². The molecule has 1 amide bonds. The van der Waals surface area contributed by atoms with Gasteiger partial charge in [0, 0.05) is 18.8 Å². The topological polar surface area (TPSA) is 91.4 Å². The third-order valence-corrected chi connectivity index (χ3v) is 5.17. The molecule has 0 bridgehead atoms. The maximum atomic E-state index is 12.6. The maximum Gasteiger partial charge on any atom is 0.237 e. The Kier molecular flexibility index (Phi) is 4.76. The molecule has 9 heteroatoms. The van der Waals surface area contributed by atoms with Gasteiger partial charge in [0.1, 0.15) is 13.2 Å². The average molecular weight is 386 g/mol. The zero-order valence-corrected chi connectivity index (χ0v) is 15.7. The highest BCUT2D eigenvalue weighted by molar-refractivity contribution is 8.00. The summed E-state index contributed by atoms with van der Waals surface area (Å²) in [7, 11) is 1.84. The van der Waals surface area contributed by atoms with Crippen molar-refractivity contribution in [1.29, 1.82) is 0 Å². The van der Waals surface area contributed by atoms with Crippen LogP contribution in [0.25, 0.3) is 11.6 Å². The fourth-order valence-electron chi connectivity index (χ4n) is 2.61. The Labute approximate surface area is 159 Å². The molecule has 1 atom stereocenters. The Hall–Kier alpha value is -2.94. The Morgan fingerprint density at radius 2 is 2.04 bits per heavy atom. The fraction of sp³-hybridized carbons (Fsp3) is 0.278. The van der Waals surface area contributed by atoms with Crippen molar-refractivity contribution in [3.05, 3.63) is 36.6 Å². The van der Waals surface area contributed by atoms with Crippen LogP contribution in [-0.2, 0) is 11.8 Å². The van der Waals surface area contributed by atoms with Crippen LogP contribution in [0.1, 0.15) is 6.92 Å². The van der Waals surface area contributed by atoms with E-state index < -0.39 is 0 Å². The standard InChI is InChI=1S/C18H18N4O4S/c1-11(27-18-21-20-16(22(18)2)14-4-3-7-24-14)17(23)19-12-5-6-13-15(10-12)26-9-8-25-13/h3-7,10-11H,8-9H2,1-2H3,(H,19,23)/t11-/m1/s1. The zero-order chi connectivity index (χ0) is 18.8. The van der Waals surface area contributed by atoms with Crippen molar-refractivity contribution in [1.82, 2.24) is 14.8 Å². The SMILES string of the molecule is C[C@@H](Sc1nnc(-c2ccco2)n1C)C(=O)Nc1ccc2c(c1)OCCO2. The Balaban J connectivity index is 1.43. The minimum absolute atomic E-state index is 0.140. The van der Waals surface area contributed by atoms with Crippen LogP contribution in [0.2, 0.25) is 0 Å². The monoisotopic (exact) mass is 386 g/mol. The van der Waals surface area contributed by atoms with Gasteiger partial charge in [0.15, 0.2) is 28.2 Å². The van der Waals surface area contributed by atoms with E-state index in [4.69, 9.17) is 13.9 Å². The molecule has 0 fully saturated rings. The van der Waals surface area contributed by atoms with Crippen LogP contribution in [0, 0.1) is 0 Å². The number of fused-ring (bicyclic) bond motifs is 1. The molecular weight excluding hydrogens is 368 g/mol. The summed E-state index contributed by atoms with van der Waals surface area (Å²) in [4.78, 5) is 12.6. The van der Waals surface area contributed by atoms with Crippen LogP contribution in [-0.4, -0.2) is 39.1 Å². The van der Waals surface area contributed by atoms with Gasteiger partial charge < -0.3 is 23.8 Å². The molecule has 3 heterocycles. The maximum absolute atomic E-state index is 12.6. The molecule has 8 nitrogen and oxygen atoms in total. The molecule has 0 saturated carbocycles. The Morgan fingerprint density at radius 3 is 2.81 bits per heavy atom. The molecule has 0 aliphatic carbocycles. The summed E-state index contributed by atoms with van der Waals surface area (Å²) in [6.45, 7) is 2.85. The van der Waals surface area contributed by atoms with E-state index in [0.717, 1.165) is 0 Å². The number of carbonyl (C=O) groups is 1. The van der Waals surface area contributed by atoms with Crippen LogP contribution in [0.15, 0.2) is 46.2 Å². The number of carbonyl (C=O) groups excluding carboxylic acids is 1. The quantitative estimate of drug-likeness (QED) is 0.674. The average Bonchev–Trinajstić information content (AvgIpc) is 3.32. The minimum Gasteiger partial charge on any atom is -0.486 e. The number of anilines is 1. The molecule has 0 unspecified atom stereocenters. The highest BCUT2D eigenvalue weighted by Gasteiger charge is 2.21. The van der Waals surface area contributed by atoms with Crippen molar-refractivity contribution in [3.8, 4) is 23.1 Å². The molecule has 2 aromatic heterocycles. The van der Waals surface area contributed by atoms with E-state index in [1.807, 2.05) is 20.0 Å². The molecule has 3 aromatic rings. The second kappa shape index (κ2) is 7.36. The van der Waals surface area contributed by atoms with Gasteiger partial charge in [0.2, 0.25) is 5.91 Å². The number of hydrogen-bond donors (Lipinski definition) is 1. The third-order valence-electron chi connectivity index (χ3n) is 4.04. The lowest BCUT2D eigenvalue weighted by Gasteiger charge is -2.19. The van der Waals surface area contributed by atoms with Gasteiger partial charge in [-0.25, -0.2) is 0 Å². The first kappa shape index (κ1) is 17.5. The third kappa shape index (κ3) is 3.63. The van der Waals surface area contributed by atoms with Gasteiger partial charge in [-0.1, -0.05) is 11.8 Å². The Bertz CT molecular complexity index is 954. The van der Waals surface area contributed by atoms with Crippen LogP contribution in [0.3, 0.4) is 0 Å². The number of benzene rings is 1. The molecule has 0 radical (unpaired) electrons. The first-order chi connectivity index (χ1) is 13.1. The van der Waals surface area contributed by atoms with Crippen LogP contribution < -0.4 is 14.8 Å². The highest BCUT2D eigenvalue weighted by Crippen LogP contribution is 2.33. The summed E-state index contributed by atoms with van der Waals surface area (Å²) in [5.41, 5.74) is 0.658. The summed E-state index contributed by atoms with van der Waals surface area (Å²) in [6.07, 6.45) is 1.58. The largest absolute Gasteiger partial charge is 0.486 e. The molecule has 1 aromatic carbocycles. The van der Waals surface area contributed by atoms with Gasteiger partial charge in [-0.3, -0.25) is 4.79 Å². The predicted molar refractivity (Wildman–Crippen MR) is 100 cm³/mol. The van der Waals surface area contributed by atoms with Crippen molar-refractivity contribution in [2.24, 2.45) is 7.05 Å². The lowest BCUT2D eigenvalue weighted by Crippen LogP contribution is -2.23. The second-order valence-corrected chi connectivity index (χ2v) is 7.26. The lowest BCUT2D eigenvalue weighted by atomic mass is 10.2. The molecule has 0 saturated heterocycles. The molecule has 1 aliphatic heterocycles. The van der Waals surface area contributed by atoms with Gasteiger partial charge in [0.05, 0.1) is 11.5 Å². The molecular formula is C18H18N4O4S. The number of furan rings is 1. The number of amides is 1. The number of thioether (sulfide) groups is 1. The van der Waals surface area contributed by atoms with Gasteiger partial charge in [-0.05, 0) is 31.2 Å². The zero-order valence-electron chi connectivity index (χ0n) is 14.8. The van der Waals surface area contributed by atoms with E-state index in [1.54, 1.807) is 35.1 Å². The van der Waals surface area contributed by atoms with E-state index >= 15 is 0 Å². The van der Waals surface area contributed by atoms with Gasteiger partial charge in [0.25, 0.3) is 0 Å². The van der Waals surface area contributed by atoms with Crippen molar-refractivity contribution in [2.75, 3.05) is 18.5 Å². The summed E-state index contributed by atoms with van der Waals surface area (Å²) in [5.74, 6) is 2.42. The van der Waals surface area contributed by atoms with E-state index in [0.29, 0.717) is 47.1 Å². The molecule has 4 rings (SSSR count). The molecule has 1 aliphatic rings. The first-order valence-electron chi connectivity index (χ1n) is 8.42. The minimum atomic E-state index is -0.370. The molecule has 1 N–H and O–H groups in total. The molecule has 27 heavy (non-hydrogen) atoms. The van der Waals surface area contributed by atoms with Crippen molar-refractivity contribution in [3.63, 3.8) is 0 Å². The summed E-state index contributed by atoms with van der Waals surface area (Å²) in [6, 6.07) is 8.96. The van der Waals surface area contributed by atoms with Crippen molar-refractivity contribution >= 4 is 23.4 Å². The van der Waals surface area contributed by atoms with Gasteiger partial charge in [-0.2, -0.15) is 0 Å². The van der Waals surface area contributed by atoms with Crippen molar-refractivity contribution < 1.29 is 18.7 Å². The number of nitrogens with one attached hydrogen (secondary N) is 1. The summed E-state index contributed by atoms with van der Waals surface area (Å²) >= 11 is 1.32. The smallest absolute Gasteiger partial charge is 0.237 e. The number of aromatic nitrogens is 3. The number of ether oxygens (including phenoxy) is 2.